The Bertz CT molecular complexity index is 389. The number of amides is 1. The Hall–Kier alpha value is -1.71. The van der Waals surface area contributed by atoms with Crippen LogP contribution in [0.2, 0.25) is 0 Å². The first kappa shape index (κ1) is 15.3. The molecule has 4 nitrogen and oxygen atoms in total. The molecule has 106 valence electrons. The summed E-state index contributed by atoms with van der Waals surface area (Å²) < 4.78 is 10.7. The summed E-state index contributed by atoms with van der Waals surface area (Å²) >= 11 is 0. The van der Waals surface area contributed by atoms with Crippen LogP contribution in [0.4, 0.5) is 0 Å². The number of methoxy groups -OCH3 is 1. The second-order valence-electron chi connectivity index (χ2n) is 4.20. The van der Waals surface area contributed by atoms with Gasteiger partial charge in [-0.2, -0.15) is 0 Å². The predicted molar refractivity (Wildman–Crippen MR) is 75.7 cm³/mol. The molecule has 0 aliphatic heterocycles. The Labute approximate surface area is 115 Å². The predicted octanol–water partition coefficient (Wildman–Crippen LogP) is 2.72. The van der Waals surface area contributed by atoms with E-state index in [9.17, 15) is 4.79 Å². The molecule has 4 heteroatoms. The fourth-order valence-corrected chi connectivity index (χ4v) is 1.84. The van der Waals surface area contributed by atoms with Crippen LogP contribution in [0.15, 0.2) is 24.3 Å². The summed E-state index contributed by atoms with van der Waals surface area (Å²) in [5.74, 6) is 1.74. The van der Waals surface area contributed by atoms with Crippen molar-refractivity contribution in [1.29, 1.82) is 0 Å². The molecular weight excluding hydrogens is 242 g/mol. The standard InChI is InChI=1S/C15H23NO3/c1-4-16(5-2)15(17)10-7-11-19-14-9-6-8-13(12-14)18-3/h6,8-9,12H,4-5,7,10-11H2,1-3H3. The van der Waals surface area contributed by atoms with Crippen LogP contribution in [0.25, 0.3) is 0 Å². The van der Waals surface area contributed by atoms with Gasteiger partial charge >= 0.3 is 0 Å². The molecule has 0 saturated carbocycles. The molecule has 1 rings (SSSR count). The number of carbonyl (C=O) groups excluding carboxylic acids is 1. The maximum Gasteiger partial charge on any atom is 0.222 e. The van der Waals surface area contributed by atoms with E-state index in [-0.39, 0.29) is 5.91 Å². The Kier molecular flexibility index (Phi) is 6.79. The van der Waals surface area contributed by atoms with Crippen LogP contribution < -0.4 is 9.47 Å². The molecule has 0 aliphatic rings. The van der Waals surface area contributed by atoms with Crippen LogP contribution in [0.5, 0.6) is 11.5 Å². The molecule has 19 heavy (non-hydrogen) atoms. The van der Waals surface area contributed by atoms with Gasteiger partial charge in [0, 0.05) is 25.6 Å². The van der Waals surface area contributed by atoms with Gasteiger partial charge in [-0.3, -0.25) is 4.79 Å². The van der Waals surface area contributed by atoms with Crippen molar-refractivity contribution in [3.05, 3.63) is 24.3 Å². The first-order chi connectivity index (χ1) is 9.21. The summed E-state index contributed by atoms with van der Waals surface area (Å²) in [6.07, 6.45) is 1.26. The van der Waals surface area contributed by atoms with Gasteiger partial charge in [-0.25, -0.2) is 0 Å². The molecule has 0 aliphatic carbocycles. The van der Waals surface area contributed by atoms with E-state index in [0.29, 0.717) is 13.0 Å². The minimum atomic E-state index is 0.194. The summed E-state index contributed by atoms with van der Waals surface area (Å²) in [5.41, 5.74) is 0. The molecule has 0 unspecified atom stereocenters. The average Bonchev–Trinajstić information content (AvgIpc) is 2.45. The summed E-state index contributed by atoms with van der Waals surface area (Å²) in [6, 6.07) is 7.48. The fourth-order valence-electron chi connectivity index (χ4n) is 1.84. The number of hydrogen-bond donors (Lipinski definition) is 0. The largest absolute Gasteiger partial charge is 0.497 e. The Balaban J connectivity index is 2.28. The van der Waals surface area contributed by atoms with Gasteiger partial charge in [-0.15, -0.1) is 0 Å². The van der Waals surface area contributed by atoms with E-state index >= 15 is 0 Å². The second kappa shape index (κ2) is 8.40. The third-order valence-corrected chi connectivity index (χ3v) is 2.96. The Morgan fingerprint density at radius 3 is 2.53 bits per heavy atom. The molecule has 1 amide bonds. The molecule has 0 bridgehead atoms. The highest BCUT2D eigenvalue weighted by Crippen LogP contribution is 2.19. The lowest BCUT2D eigenvalue weighted by Crippen LogP contribution is -2.30. The molecule has 0 heterocycles. The zero-order chi connectivity index (χ0) is 14.1. The zero-order valence-corrected chi connectivity index (χ0v) is 12.0. The minimum Gasteiger partial charge on any atom is -0.497 e. The third-order valence-electron chi connectivity index (χ3n) is 2.96. The van der Waals surface area contributed by atoms with Crippen molar-refractivity contribution in [2.24, 2.45) is 0 Å². The first-order valence-electron chi connectivity index (χ1n) is 6.75. The van der Waals surface area contributed by atoms with Crippen LogP contribution in [0.1, 0.15) is 26.7 Å². The lowest BCUT2D eigenvalue weighted by atomic mass is 10.3. The highest BCUT2D eigenvalue weighted by atomic mass is 16.5. The smallest absolute Gasteiger partial charge is 0.222 e. The van der Waals surface area contributed by atoms with E-state index in [4.69, 9.17) is 9.47 Å². The van der Waals surface area contributed by atoms with Crippen molar-refractivity contribution < 1.29 is 14.3 Å². The molecule has 0 aromatic heterocycles. The van der Waals surface area contributed by atoms with Gasteiger partial charge in [0.2, 0.25) is 5.91 Å². The molecule has 0 fully saturated rings. The van der Waals surface area contributed by atoms with Crippen LogP contribution in [0, 0.1) is 0 Å². The van der Waals surface area contributed by atoms with Crippen LogP contribution in [-0.2, 0) is 4.79 Å². The lowest BCUT2D eigenvalue weighted by molar-refractivity contribution is -0.131. The van der Waals surface area contributed by atoms with Gasteiger partial charge in [0.15, 0.2) is 0 Å². The fraction of sp³-hybridized carbons (Fsp3) is 0.533. The SMILES string of the molecule is CCN(CC)C(=O)CCCOc1cccc(OC)c1. The summed E-state index contributed by atoms with van der Waals surface area (Å²) in [7, 11) is 1.63. The molecule has 0 N–H and O–H groups in total. The molecule has 0 saturated heterocycles. The van der Waals surface area contributed by atoms with Crippen molar-refractivity contribution in [1.82, 2.24) is 4.90 Å². The second-order valence-corrected chi connectivity index (χ2v) is 4.20. The summed E-state index contributed by atoms with van der Waals surface area (Å²) in [5, 5.41) is 0. The Morgan fingerprint density at radius 2 is 1.89 bits per heavy atom. The molecule has 0 radical (unpaired) electrons. The van der Waals surface area contributed by atoms with Gasteiger partial charge in [-0.05, 0) is 32.4 Å². The first-order valence-corrected chi connectivity index (χ1v) is 6.75. The Morgan fingerprint density at radius 1 is 1.21 bits per heavy atom. The number of carbonyl (C=O) groups is 1. The highest BCUT2D eigenvalue weighted by molar-refractivity contribution is 5.76. The van der Waals surface area contributed by atoms with Crippen LogP contribution >= 0.6 is 0 Å². The van der Waals surface area contributed by atoms with Crippen molar-refractivity contribution >= 4 is 5.91 Å². The quantitative estimate of drug-likeness (QED) is 0.678. The topological polar surface area (TPSA) is 38.8 Å². The maximum atomic E-state index is 11.8. The molecule has 1 aromatic rings. The number of rotatable bonds is 8. The van der Waals surface area contributed by atoms with Crippen molar-refractivity contribution in [2.75, 3.05) is 26.8 Å². The van der Waals surface area contributed by atoms with Crippen molar-refractivity contribution in [2.45, 2.75) is 26.7 Å². The van der Waals surface area contributed by atoms with E-state index in [0.717, 1.165) is 31.0 Å². The van der Waals surface area contributed by atoms with E-state index in [1.807, 2.05) is 43.0 Å². The van der Waals surface area contributed by atoms with E-state index < -0.39 is 0 Å². The van der Waals surface area contributed by atoms with Gasteiger partial charge in [0.25, 0.3) is 0 Å². The minimum absolute atomic E-state index is 0.194. The number of benzene rings is 1. The van der Waals surface area contributed by atoms with Crippen LogP contribution in [-0.4, -0.2) is 37.6 Å². The highest BCUT2D eigenvalue weighted by Gasteiger charge is 2.08. The van der Waals surface area contributed by atoms with Gasteiger partial charge in [0.05, 0.1) is 13.7 Å². The zero-order valence-electron chi connectivity index (χ0n) is 12.0. The average molecular weight is 265 g/mol. The molecular formula is C15H23NO3. The third kappa shape index (κ3) is 5.20. The monoisotopic (exact) mass is 265 g/mol. The lowest BCUT2D eigenvalue weighted by Gasteiger charge is -2.18. The van der Waals surface area contributed by atoms with Gasteiger partial charge < -0.3 is 14.4 Å². The molecule has 1 aromatic carbocycles. The molecule has 0 spiro atoms. The number of hydrogen-bond acceptors (Lipinski definition) is 3. The maximum absolute atomic E-state index is 11.8. The number of ether oxygens (including phenoxy) is 2. The van der Waals surface area contributed by atoms with Crippen molar-refractivity contribution in [3.8, 4) is 11.5 Å². The summed E-state index contributed by atoms with van der Waals surface area (Å²) in [4.78, 5) is 13.6. The van der Waals surface area contributed by atoms with Gasteiger partial charge in [-0.1, -0.05) is 6.07 Å². The van der Waals surface area contributed by atoms with Gasteiger partial charge in [0.1, 0.15) is 11.5 Å². The normalized spacial score (nSPS) is 10.1. The molecule has 0 atom stereocenters. The van der Waals surface area contributed by atoms with Crippen LogP contribution in [0.3, 0.4) is 0 Å². The van der Waals surface area contributed by atoms with E-state index in [1.165, 1.54) is 0 Å². The van der Waals surface area contributed by atoms with E-state index in [2.05, 4.69) is 0 Å². The van der Waals surface area contributed by atoms with Crippen molar-refractivity contribution in [3.63, 3.8) is 0 Å². The summed E-state index contributed by atoms with van der Waals surface area (Å²) in [6.45, 7) is 6.07. The number of nitrogens with zero attached hydrogens (tertiary/aromatic N) is 1. The van der Waals surface area contributed by atoms with E-state index in [1.54, 1.807) is 7.11 Å².